The van der Waals surface area contributed by atoms with E-state index in [0.717, 1.165) is 18.0 Å². The normalized spacial score (nSPS) is 10.4. The van der Waals surface area contributed by atoms with Gasteiger partial charge >= 0.3 is 5.97 Å². The molecule has 0 aromatic heterocycles. The van der Waals surface area contributed by atoms with Crippen molar-refractivity contribution in [2.24, 2.45) is 0 Å². The van der Waals surface area contributed by atoms with Gasteiger partial charge in [0, 0.05) is 18.0 Å². The molecule has 0 fully saturated rings. The largest absolute Gasteiger partial charge is 0.462 e. The predicted molar refractivity (Wildman–Crippen MR) is 104 cm³/mol. The van der Waals surface area contributed by atoms with Gasteiger partial charge in [0.25, 0.3) is 0 Å². The van der Waals surface area contributed by atoms with Crippen molar-refractivity contribution in [2.45, 2.75) is 19.8 Å². The van der Waals surface area contributed by atoms with Gasteiger partial charge in [0.05, 0.1) is 17.9 Å². The SMILES string of the molecule is CCOC(=O)c1ccccc1NC(=O)CCNCCc1ccc(Cl)cc1. The smallest absolute Gasteiger partial charge is 0.340 e. The van der Waals surface area contributed by atoms with E-state index >= 15 is 0 Å². The number of para-hydroxylation sites is 1. The highest BCUT2D eigenvalue weighted by Gasteiger charge is 2.13. The summed E-state index contributed by atoms with van der Waals surface area (Å²) in [7, 11) is 0. The van der Waals surface area contributed by atoms with Gasteiger partial charge in [0.1, 0.15) is 0 Å². The fraction of sp³-hybridized carbons (Fsp3) is 0.300. The van der Waals surface area contributed by atoms with E-state index in [-0.39, 0.29) is 5.91 Å². The molecule has 2 aromatic rings. The summed E-state index contributed by atoms with van der Waals surface area (Å²) in [6, 6.07) is 14.5. The molecular formula is C20H23ClN2O3. The molecule has 0 saturated carbocycles. The van der Waals surface area contributed by atoms with Crippen molar-refractivity contribution in [1.82, 2.24) is 5.32 Å². The second-order valence-electron chi connectivity index (χ2n) is 5.69. The van der Waals surface area contributed by atoms with Gasteiger partial charge in [-0.3, -0.25) is 4.79 Å². The van der Waals surface area contributed by atoms with Crippen molar-refractivity contribution < 1.29 is 14.3 Å². The molecule has 0 aliphatic rings. The van der Waals surface area contributed by atoms with Crippen LogP contribution < -0.4 is 10.6 Å². The second-order valence-corrected chi connectivity index (χ2v) is 6.13. The lowest BCUT2D eigenvalue weighted by atomic mass is 10.1. The lowest BCUT2D eigenvalue weighted by Crippen LogP contribution is -2.24. The lowest BCUT2D eigenvalue weighted by molar-refractivity contribution is -0.116. The predicted octanol–water partition coefficient (Wildman–Crippen LogP) is 3.68. The zero-order valence-corrected chi connectivity index (χ0v) is 15.5. The number of hydrogen-bond acceptors (Lipinski definition) is 4. The summed E-state index contributed by atoms with van der Waals surface area (Å²) in [4.78, 5) is 24.0. The third-order valence-corrected chi connectivity index (χ3v) is 3.98. The Morgan fingerprint density at radius 3 is 2.50 bits per heavy atom. The van der Waals surface area contributed by atoms with Crippen LogP contribution in [0.1, 0.15) is 29.3 Å². The molecule has 5 nitrogen and oxygen atoms in total. The Morgan fingerprint density at radius 1 is 1.04 bits per heavy atom. The van der Waals surface area contributed by atoms with Crippen molar-refractivity contribution in [1.29, 1.82) is 0 Å². The summed E-state index contributed by atoms with van der Waals surface area (Å²) in [5.74, 6) is -0.592. The third-order valence-electron chi connectivity index (χ3n) is 3.73. The molecule has 26 heavy (non-hydrogen) atoms. The topological polar surface area (TPSA) is 67.4 Å². The quantitative estimate of drug-likeness (QED) is 0.519. The summed E-state index contributed by atoms with van der Waals surface area (Å²) in [5.41, 5.74) is 2.02. The highest BCUT2D eigenvalue weighted by atomic mass is 35.5. The zero-order chi connectivity index (χ0) is 18.8. The summed E-state index contributed by atoms with van der Waals surface area (Å²) in [6.45, 7) is 3.36. The Balaban J connectivity index is 1.73. The number of esters is 1. The fourth-order valence-electron chi connectivity index (χ4n) is 2.40. The minimum atomic E-state index is -0.440. The Morgan fingerprint density at radius 2 is 1.77 bits per heavy atom. The standard InChI is InChI=1S/C20H23ClN2O3/c1-2-26-20(25)17-5-3-4-6-18(17)23-19(24)12-14-22-13-11-15-7-9-16(21)10-8-15/h3-10,22H,2,11-14H2,1H3,(H,23,24). The van der Waals surface area contributed by atoms with E-state index in [4.69, 9.17) is 16.3 Å². The number of carbonyl (C=O) groups is 2. The van der Waals surface area contributed by atoms with E-state index in [0.29, 0.717) is 30.8 Å². The van der Waals surface area contributed by atoms with E-state index in [2.05, 4.69) is 10.6 Å². The van der Waals surface area contributed by atoms with E-state index in [1.54, 1.807) is 31.2 Å². The van der Waals surface area contributed by atoms with Crippen LogP contribution in [-0.4, -0.2) is 31.6 Å². The fourth-order valence-corrected chi connectivity index (χ4v) is 2.53. The van der Waals surface area contributed by atoms with Gasteiger partial charge in [0.15, 0.2) is 0 Å². The Labute approximate surface area is 158 Å². The number of benzene rings is 2. The number of anilines is 1. The molecular weight excluding hydrogens is 352 g/mol. The van der Waals surface area contributed by atoms with E-state index in [1.807, 2.05) is 24.3 Å². The molecule has 0 atom stereocenters. The van der Waals surface area contributed by atoms with Gasteiger partial charge in [-0.15, -0.1) is 0 Å². The third kappa shape index (κ3) is 6.50. The van der Waals surface area contributed by atoms with E-state index in [9.17, 15) is 9.59 Å². The highest BCUT2D eigenvalue weighted by Crippen LogP contribution is 2.16. The first-order chi connectivity index (χ1) is 12.6. The number of carbonyl (C=O) groups excluding carboxylic acids is 2. The van der Waals surface area contributed by atoms with Crippen LogP contribution in [0.3, 0.4) is 0 Å². The van der Waals surface area contributed by atoms with Crippen molar-refractivity contribution >= 4 is 29.2 Å². The molecule has 0 saturated heterocycles. The molecule has 2 N–H and O–H groups in total. The number of halogens is 1. The van der Waals surface area contributed by atoms with Crippen molar-refractivity contribution in [3.63, 3.8) is 0 Å². The van der Waals surface area contributed by atoms with Crippen molar-refractivity contribution in [2.75, 3.05) is 25.0 Å². The van der Waals surface area contributed by atoms with Crippen LogP contribution in [0, 0.1) is 0 Å². The molecule has 0 unspecified atom stereocenters. The number of rotatable bonds is 9. The summed E-state index contributed by atoms with van der Waals surface area (Å²) >= 11 is 5.86. The molecule has 2 rings (SSSR count). The van der Waals surface area contributed by atoms with Crippen LogP contribution in [0.4, 0.5) is 5.69 Å². The molecule has 138 valence electrons. The molecule has 0 spiro atoms. The molecule has 0 aliphatic heterocycles. The number of nitrogens with one attached hydrogen (secondary N) is 2. The lowest BCUT2D eigenvalue weighted by Gasteiger charge is -2.10. The molecule has 0 bridgehead atoms. The molecule has 0 radical (unpaired) electrons. The second kappa shape index (κ2) is 10.6. The van der Waals surface area contributed by atoms with E-state index < -0.39 is 5.97 Å². The number of ether oxygens (including phenoxy) is 1. The van der Waals surface area contributed by atoms with Crippen LogP contribution in [0.5, 0.6) is 0 Å². The van der Waals surface area contributed by atoms with Gasteiger partial charge in [-0.2, -0.15) is 0 Å². The molecule has 0 heterocycles. The summed E-state index contributed by atoms with van der Waals surface area (Å²) < 4.78 is 5.00. The average Bonchev–Trinajstić information content (AvgIpc) is 2.63. The Kier molecular flexibility index (Phi) is 8.12. The van der Waals surface area contributed by atoms with Crippen LogP contribution in [0.15, 0.2) is 48.5 Å². The Hall–Kier alpha value is -2.37. The van der Waals surface area contributed by atoms with Gasteiger partial charge in [-0.25, -0.2) is 4.79 Å². The molecule has 0 aliphatic carbocycles. The summed E-state index contributed by atoms with van der Waals surface area (Å²) in [5, 5.41) is 6.73. The molecule has 6 heteroatoms. The molecule has 1 amide bonds. The number of hydrogen-bond donors (Lipinski definition) is 2. The first-order valence-electron chi connectivity index (χ1n) is 8.61. The van der Waals surface area contributed by atoms with E-state index in [1.165, 1.54) is 5.56 Å². The van der Waals surface area contributed by atoms with Gasteiger partial charge in [0.2, 0.25) is 5.91 Å². The van der Waals surface area contributed by atoms with Crippen LogP contribution >= 0.6 is 11.6 Å². The average molecular weight is 375 g/mol. The van der Waals surface area contributed by atoms with Gasteiger partial charge in [-0.05, 0) is 49.7 Å². The maximum Gasteiger partial charge on any atom is 0.340 e. The van der Waals surface area contributed by atoms with Crippen LogP contribution in [0.25, 0.3) is 0 Å². The monoisotopic (exact) mass is 374 g/mol. The zero-order valence-electron chi connectivity index (χ0n) is 14.8. The minimum absolute atomic E-state index is 0.152. The highest BCUT2D eigenvalue weighted by molar-refractivity contribution is 6.30. The van der Waals surface area contributed by atoms with Crippen molar-refractivity contribution in [3.05, 3.63) is 64.7 Å². The first kappa shape index (κ1) is 19.9. The maximum atomic E-state index is 12.1. The van der Waals surface area contributed by atoms with Gasteiger partial charge in [-0.1, -0.05) is 35.9 Å². The minimum Gasteiger partial charge on any atom is -0.462 e. The number of amides is 1. The maximum absolute atomic E-state index is 12.1. The Bertz CT molecular complexity index is 732. The van der Waals surface area contributed by atoms with Gasteiger partial charge < -0.3 is 15.4 Å². The van der Waals surface area contributed by atoms with Crippen LogP contribution in [-0.2, 0) is 16.0 Å². The summed E-state index contributed by atoms with van der Waals surface area (Å²) in [6.07, 6.45) is 1.18. The van der Waals surface area contributed by atoms with Crippen molar-refractivity contribution in [3.8, 4) is 0 Å². The molecule has 2 aromatic carbocycles. The van der Waals surface area contributed by atoms with Crippen LogP contribution in [0.2, 0.25) is 5.02 Å². The first-order valence-corrected chi connectivity index (χ1v) is 8.99.